The van der Waals surface area contributed by atoms with Crippen LogP contribution in [0.2, 0.25) is 5.02 Å². The maximum absolute atomic E-state index is 13.4. The largest absolute Gasteiger partial charge is 0.417 e. The van der Waals surface area contributed by atoms with E-state index in [4.69, 9.17) is 11.6 Å². The summed E-state index contributed by atoms with van der Waals surface area (Å²) in [6, 6.07) is 12.8. The van der Waals surface area contributed by atoms with E-state index in [9.17, 15) is 18.0 Å². The first-order chi connectivity index (χ1) is 15.2. The van der Waals surface area contributed by atoms with Crippen LogP contribution in [-0.2, 0) is 12.6 Å². The number of hydrogen-bond acceptors (Lipinski definition) is 3. The summed E-state index contributed by atoms with van der Waals surface area (Å²) < 4.78 is 41.9. The first-order valence-corrected chi connectivity index (χ1v) is 10.5. The lowest BCUT2D eigenvalue weighted by atomic mass is 9.99. The fourth-order valence-electron chi connectivity index (χ4n) is 4.10. The third kappa shape index (κ3) is 4.12. The fraction of sp³-hybridized carbons (Fsp3) is 0.304. The molecular weight excluding hydrogens is 441 g/mol. The Morgan fingerprint density at radius 3 is 2.53 bits per heavy atom. The van der Waals surface area contributed by atoms with E-state index >= 15 is 0 Å². The summed E-state index contributed by atoms with van der Waals surface area (Å²) in [6.07, 6.45) is -2.38. The Balaban J connectivity index is 1.74. The minimum Gasteiger partial charge on any atom is -0.328 e. The van der Waals surface area contributed by atoms with Gasteiger partial charge in [-0.05, 0) is 38.4 Å². The van der Waals surface area contributed by atoms with Gasteiger partial charge in [0.1, 0.15) is 0 Å². The van der Waals surface area contributed by atoms with Crippen LogP contribution in [0.4, 0.5) is 13.2 Å². The third-order valence-electron chi connectivity index (χ3n) is 5.55. The van der Waals surface area contributed by atoms with Crippen LogP contribution >= 0.6 is 11.6 Å². The van der Waals surface area contributed by atoms with Gasteiger partial charge in [0.05, 0.1) is 34.2 Å². The van der Waals surface area contributed by atoms with Crippen molar-refractivity contribution in [3.05, 3.63) is 82.4 Å². The lowest BCUT2D eigenvalue weighted by Gasteiger charge is -2.37. The van der Waals surface area contributed by atoms with Crippen molar-refractivity contribution < 1.29 is 18.0 Å². The highest BCUT2D eigenvalue weighted by Crippen LogP contribution is 2.38. The Bertz CT molecular complexity index is 1130. The molecule has 0 saturated heterocycles. The smallest absolute Gasteiger partial charge is 0.328 e. The minimum absolute atomic E-state index is 0.156. The molecule has 1 aromatic heterocycles. The molecule has 1 amide bonds. The fourth-order valence-corrected chi connectivity index (χ4v) is 4.41. The SMILES string of the molecule is CN(C)CC1c2ncn(-c3ccccc3)c2CCN1C(=O)c1cccc(C(F)(F)F)c1Cl. The molecule has 0 radical (unpaired) electrons. The molecule has 1 atom stereocenters. The summed E-state index contributed by atoms with van der Waals surface area (Å²) in [5.74, 6) is -0.534. The molecular formula is C23H22ClF3N4O. The number of para-hydroxylation sites is 1. The van der Waals surface area contributed by atoms with Crippen molar-refractivity contribution in [1.82, 2.24) is 19.4 Å². The molecule has 4 rings (SSSR count). The van der Waals surface area contributed by atoms with Gasteiger partial charge < -0.3 is 14.4 Å². The first kappa shape index (κ1) is 22.4. The van der Waals surface area contributed by atoms with Gasteiger partial charge in [0, 0.05) is 30.9 Å². The zero-order chi connectivity index (χ0) is 23.0. The van der Waals surface area contributed by atoms with E-state index in [1.165, 1.54) is 12.1 Å². The highest BCUT2D eigenvalue weighted by molar-refractivity contribution is 6.34. The number of halogens is 4. The molecule has 1 unspecified atom stereocenters. The minimum atomic E-state index is -4.64. The number of carbonyl (C=O) groups excluding carboxylic acids is 1. The van der Waals surface area contributed by atoms with Crippen LogP contribution in [0.5, 0.6) is 0 Å². The Kier molecular flexibility index (Phi) is 6.01. The van der Waals surface area contributed by atoms with Crippen molar-refractivity contribution in [3.8, 4) is 5.69 Å². The highest BCUT2D eigenvalue weighted by atomic mass is 35.5. The quantitative estimate of drug-likeness (QED) is 0.557. The summed E-state index contributed by atoms with van der Waals surface area (Å²) in [7, 11) is 3.75. The topological polar surface area (TPSA) is 41.4 Å². The number of rotatable bonds is 4. The second-order valence-corrected chi connectivity index (χ2v) is 8.35. The number of carbonyl (C=O) groups is 1. The summed E-state index contributed by atoms with van der Waals surface area (Å²) in [4.78, 5) is 21.5. The molecule has 0 spiro atoms. The van der Waals surface area contributed by atoms with Crippen molar-refractivity contribution >= 4 is 17.5 Å². The van der Waals surface area contributed by atoms with Gasteiger partial charge in [-0.1, -0.05) is 35.9 Å². The molecule has 0 fully saturated rings. The van der Waals surface area contributed by atoms with E-state index in [1.807, 2.05) is 53.9 Å². The van der Waals surface area contributed by atoms with E-state index in [-0.39, 0.29) is 5.56 Å². The molecule has 5 nitrogen and oxygen atoms in total. The number of aromatic nitrogens is 2. The summed E-state index contributed by atoms with van der Waals surface area (Å²) in [5.41, 5.74) is 1.52. The van der Waals surface area contributed by atoms with Gasteiger partial charge in [-0.15, -0.1) is 0 Å². The number of amides is 1. The molecule has 9 heteroatoms. The first-order valence-electron chi connectivity index (χ1n) is 10.1. The van der Waals surface area contributed by atoms with E-state index in [0.29, 0.717) is 19.5 Å². The third-order valence-corrected chi connectivity index (χ3v) is 5.96. The van der Waals surface area contributed by atoms with Gasteiger partial charge >= 0.3 is 6.18 Å². The summed E-state index contributed by atoms with van der Waals surface area (Å²) in [6.45, 7) is 0.816. The molecule has 168 valence electrons. The average molecular weight is 463 g/mol. The van der Waals surface area contributed by atoms with Gasteiger partial charge in [0.2, 0.25) is 0 Å². The van der Waals surface area contributed by atoms with Crippen LogP contribution in [0, 0.1) is 0 Å². The number of nitrogens with zero attached hydrogens (tertiary/aromatic N) is 4. The highest BCUT2D eigenvalue weighted by Gasteiger charge is 2.38. The number of fused-ring (bicyclic) bond motifs is 1. The number of likely N-dealkylation sites (N-methyl/N-ethyl adjacent to an activating group) is 1. The molecule has 1 aliphatic heterocycles. The van der Waals surface area contributed by atoms with E-state index in [2.05, 4.69) is 4.98 Å². The summed E-state index contributed by atoms with van der Waals surface area (Å²) >= 11 is 6.05. The van der Waals surface area contributed by atoms with E-state index in [1.54, 1.807) is 11.2 Å². The molecule has 3 aromatic rings. The molecule has 2 heterocycles. The van der Waals surface area contributed by atoms with Gasteiger partial charge in [0.15, 0.2) is 0 Å². The number of benzene rings is 2. The van der Waals surface area contributed by atoms with E-state index in [0.717, 1.165) is 23.1 Å². The predicted octanol–water partition coefficient (Wildman–Crippen LogP) is 4.85. The van der Waals surface area contributed by atoms with Crippen LogP contribution in [0.25, 0.3) is 5.69 Å². The van der Waals surface area contributed by atoms with Crippen LogP contribution in [0.3, 0.4) is 0 Å². The zero-order valence-corrected chi connectivity index (χ0v) is 18.4. The van der Waals surface area contributed by atoms with Crippen molar-refractivity contribution in [2.45, 2.75) is 18.6 Å². The number of hydrogen-bond donors (Lipinski definition) is 0. The van der Waals surface area contributed by atoms with Crippen LogP contribution in [-0.4, -0.2) is 52.4 Å². The van der Waals surface area contributed by atoms with Crippen molar-refractivity contribution in [3.63, 3.8) is 0 Å². The normalized spacial score (nSPS) is 16.3. The van der Waals surface area contributed by atoms with Crippen molar-refractivity contribution in [1.29, 1.82) is 0 Å². The second kappa shape index (κ2) is 8.60. The van der Waals surface area contributed by atoms with Crippen molar-refractivity contribution in [2.24, 2.45) is 0 Å². The maximum Gasteiger partial charge on any atom is 0.417 e. The zero-order valence-electron chi connectivity index (χ0n) is 17.6. The molecule has 0 N–H and O–H groups in total. The number of imidazole rings is 1. The molecule has 0 aliphatic carbocycles. The van der Waals surface area contributed by atoms with Crippen LogP contribution in [0.1, 0.15) is 33.4 Å². The Labute approximate surface area is 189 Å². The van der Waals surface area contributed by atoms with Crippen molar-refractivity contribution in [2.75, 3.05) is 27.2 Å². The second-order valence-electron chi connectivity index (χ2n) is 7.97. The Hall–Kier alpha value is -2.84. The maximum atomic E-state index is 13.4. The van der Waals surface area contributed by atoms with Crippen LogP contribution in [0.15, 0.2) is 54.9 Å². The van der Waals surface area contributed by atoms with E-state index < -0.39 is 28.7 Å². The molecule has 0 saturated carbocycles. The lowest BCUT2D eigenvalue weighted by molar-refractivity contribution is -0.137. The predicted molar refractivity (Wildman–Crippen MR) is 116 cm³/mol. The Morgan fingerprint density at radius 2 is 1.88 bits per heavy atom. The Morgan fingerprint density at radius 1 is 1.16 bits per heavy atom. The number of alkyl halides is 3. The van der Waals surface area contributed by atoms with Gasteiger partial charge in [0.25, 0.3) is 5.91 Å². The van der Waals surface area contributed by atoms with Gasteiger partial charge in [-0.2, -0.15) is 13.2 Å². The molecule has 2 aromatic carbocycles. The lowest BCUT2D eigenvalue weighted by Crippen LogP contribution is -2.44. The van der Waals surface area contributed by atoms with Gasteiger partial charge in [-0.25, -0.2) is 4.98 Å². The van der Waals surface area contributed by atoms with Gasteiger partial charge in [-0.3, -0.25) is 4.79 Å². The monoisotopic (exact) mass is 462 g/mol. The summed E-state index contributed by atoms with van der Waals surface area (Å²) in [5, 5.41) is -0.575. The molecule has 32 heavy (non-hydrogen) atoms. The standard InChI is InChI=1S/C23H22ClF3N4O/c1-29(2)13-19-21-18(31(14-28-21)15-7-4-3-5-8-15)11-12-30(19)22(32)16-9-6-10-17(20(16)24)23(25,26)27/h3-10,14,19H,11-13H2,1-2H3. The molecule has 1 aliphatic rings. The van der Waals surface area contributed by atoms with Crippen LogP contribution < -0.4 is 0 Å². The average Bonchev–Trinajstić information content (AvgIpc) is 3.18. The molecule has 0 bridgehead atoms.